The Morgan fingerprint density at radius 2 is 1.64 bits per heavy atom. The molecule has 0 atom stereocenters. The van der Waals surface area contributed by atoms with Crippen molar-refractivity contribution >= 4 is 0 Å². The van der Waals surface area contributed by atoms with Gasteiger partial charge in [-0.2, -0.15) is 0 Å². The highest BCUT2D eigenvalue weighted by molar-refractivity contribution is 5.69. The molecule has 3 rings (SSSR count). The van der Waals surface area contributed by atoms with Crippen LogP contribution in [0, 0.1) is 0 Å². The molecular weight excluding hydrogens is 274 g/mol. The average molecular weight is 291 g/mol. The lowest BCUT2D eigenvalue weighted by atomic mass is 10.1. The summed E-state index contributed by atoms with van der Waals surface area (Å²) in [7, 11) is 1.67. The van der Waals surface area contributed by atoms with Gasteiger partial charge in [0.2, 0.25) is 0 Å². The van der Waals surface area contributed by atoms with Gasteiger partial charge in [-0.25, -0.2) is 0 Å². The van der Waals surface area contributed by atoms with E-state index in [1.54, 1.807) is 13.3 Å². The number of para-hydroxylation sites is 2. The van der Waals surface area contributed by atoms with Gasteiger partial charge < -0.3 is 9.47 Å². The van der Waals surface area contributed by atoms with Crippen LogP contribution >= 0.6 is 0 Å². The first-order chi connectivity index (χ1) is 10.9. The third-order valence-corrected chi connectivity index (χ3v) is 3.44. The van der Waals surface area contributed by atoms with Gasteiger partial charge in [0.15, 0.2) is 0 Å². The van der Waals surface area contributed by atoms with Gasteiger partial charge in [-0.1, -0.05) is 42.5 Å². The quantitative estimate of drug-likeness (QED) is 0.701. The van der Waals surface area contributed by atoms with Crippen LogP contribution in [-0.2, 0) is 6.61 Å². The monoisotopic (exact) mass is 291 g/mol. The number of ether oxygens (including phenoxy) is 2. The Hall–Kier alpha value is -2.81. The number of rotatable bonds is 5. The fourth-order valence-electron chi connectivity index (χ4n) is 2.33. The van der Waals surface area contributed by atoms with Crippen LogP contribution in [-0.4, -0.2) is 12.1 Å². The highest BCUT2D eigenvalue weighted by Gasteiger charge is 2.07. The largest absolute Gasteiger partial charge is 0.496 e. The van der Waals surface area contributed by atoms with Gasteiger partial charge in [0.25, 0.3) is 0 Å². The van der Waals surface area contributed by atoms with Crippen LogP contribution in [0.5, 0.6) is 11.5 Å². The molecule has 3 nitrogen and oxygen atoms in total. The lowest BCUT2D eigenvalue weighted by molar-refractivity contribution is 0.298. The van der Waals surface area contributed by atoms with Crippen LogP contribution in [0.1, 0.15) is 5.56 Å². The Labute approximate surface area is 130 Å². The number of hydrogen-bond acceptors (Lipinski definition) is 3. The molecule has 0 bridgehead atoms. The standard InChI is InChI=1S/C19H17NO2/c1-21-18-10-4-2-7-16(18)14-22-19-11-5-3-9-17(19)15-8-6-12-20-13-15/h2-13H,14H2,1H3. The zero-order chi connectivity index (χ0) is 15.2. The topological polar surface area (TPSA) is 31.4 Å². The molecule has 22 heavy (non-hydrogen) atoms. The summed E-state index contributed by atoms with van der Waals surface area (Å²) in [5.41, 5.74) is 3.09. The third-order valence-electron chi connectivity index (χ3n) is 3.44. The number of nitrogens with zero attached hydrogens (tertiary/aromatic N) is 1. The summed E-state index contributed by atoms with van der Waals surface area (Å²) in [6, 6.07) is 19.8. The van der Waals surface area contributed by atoms with E-state index >= 15 is 0 Å². The zero-order valence-electron chi connectivity index (χ0n) is 12.4. The van der Waals surface area contributed by atoms with E-state index in [9.17, 15) is 0 Å². The minimum atomic E-state index is 0.460. The summed E-state index contributed by atoms with van der Waals surface area (Å²) >= 11 is 0. The van der Waals surface area contributed by atoms with E-state index in [4.69, 9.17) is 9.47 Å². The highest BCUT2D eigenvalue weighted by atomic mass is 16.5. The fraction of sp³-hybridized carbons (Fsp3) is 0.105. The molecule has 0 fully saturated rings. The molecule has 0 aliphatic carbocycles. The number of aromatic nitrogens is 1. The van der Waals surface area contributed by atoms with E-state index in [2.05, 4.69) is 4.98 Å². The first-order valence-corrected chi connectivity index (χ1v) is 7.12. The van der Waals surface area contributed by atoms with Crippen molar-refractivity contribution in [1.82, 2.24) is 4.98 Å². The third kappa shape index (κ3) is 3.09. The van der Waals surface area contributed by atoms with Crippen LogP contribution in [0.15, 0.2) is 73.1 Å². The van der Waals surface area contributed by atoms with Gasteiger partial charge in [-0.05, 0) is 18.2 Å². The van der Waals surface area contributed by atoms with Crippen molar-refractivity contribution < 1.29 is 9.47 Å². The van der Waals surface area contributed by atoms with Gasteiger partial charge in [0, 0.05) is 29.1 Å². The van der Waals surface area contributed by atoms with Crippen LogP contribution in [0.3, 0.4) is 0 Å². The van der Waals surface area contributed by atoms with Crippen molar-refractivity contribution in [1.29, 1.82) is 0 Å². The summed E-state index contributed by atoms with van der Waals surface area (Å²) in [6.07, 6.45) is 3.60. The molecule has 2 aromatic carbocycles. The highest BCUT2D eigenvalue weighted by Crippen LogP contribution is 2.30. The summed E-state index contributed by atoms with van der Waals surface area (Å²) in [5, 5.41) is 0. The second-order valence-electron chi connectivity index (χ2n) is 4.84. The maximum atomic E-state index is 6.01. The molecule has 3 aromatic rings. The predicted octanol–water partition coefficient (Wildman–Crippen LogP) is 4.34. The maximum absolute atomic E-state index is 6.01. The Kier molecular flexibility index (Phi) is 4.35. The number of methoxy groups -OCH3 is 1. The molecule has 0 aliphatic rings. The van der Waals surface area contributed by atoms with E-state index < -0.39 is 0 Å². The van der Waals surface area contributed by atoms with Crippen LogP contribution in [0.4, 0.5) is 0 Å². The van der Waals surface area contributed by atoms with Crippen LogP contribution in [0.2, 0.25) is 0 Å². The van der Waals surface area contributed by atoms with Gasteiger partial charge >= 0.3 is 0 Å². The molecule has 1 aromatic heterocycles. The molecule has 0 unspecified atom stereocenters. The second-order valence-corrected chi connectivity index (χ2v) is 4.84. The Morgan fingerprint density at radius 3 is 2.41 bits per heavy atom. The summed E-state index contributed by atoms with van der Waals surface area (Å²) in [4.78, 5) is 4.17. The number of benzene rings is 2. The molecule has 0 N–H and O–H groups in total. The Morgan fingerprint density at radius 1 is 0.864 bits per heavy atom. The summed E-state index contributed by atoms with van der Waals surface area (Å²) in [6.45, 7) is 0.460. The van der Waals surface area contributed by atoms with E-state index in [-0.39, 0.29) is 0 Å². The van der Waals surface area contributed by atoms with E-state index in [1.165, 1.54) is 0 Å². The Bertz CT molecular complexity index is 741. The van der Waals surface area contributed by atoms with Gasteiger partial charge in [0.05, 0.1) is 7.11 Å². The smallest absolute Gasteiger partial charge is 0.127 e. The van der Waals surface area contributed by atoms with Crippen molar-refractivity contribution in [3.63, 3.8) is 0 Å². The van der Waals surface area contributed by atoms with Crippen LogP contribution in [0.25, 0.3) is 11.1 Å². The molecular formula is C19H17NO2. The molecule has 0 aliphatic heterocycles. The maximum Gasteiger partial charge on any atom is 0.127 e. The van der Waals surface area contributed by atoms with E-state index in [1.807, 2.05) is 66.9 Å². The fourth-order valence-corrected chi connectivity index (χ4v) is 2.33. The molecule has 0 amide bonds. The molecule has 0 radical (unpaired) electrons. The minimum absolute atomic E-state index is 0.460. The van der Waals surface area contributed by atoms with Crippen molar-refractivity contribution in [3.05, 3.63) is 78.6 Å². The van der Waals surface area contributed by atoms with E-state index in [0.717, 1.165) is 28.2 Å². The first-order valence-electron chi connectivity index (χ1n) is 7.12. The van der Waals surface area contributed by atoms with Crippen molar-refractivity contribution in [2.24, 2.45) is 0 Å². The molecule has 3 heteroatoms. The molecule has 0 spiro atoms. The number of pyridine rings is 1. The normalized spacial score (nSPS) is 10.2. The second kappa shape index (κ2) is 6.76. The molecule has 0 saturated heterocycles. The summed E-state index contributed by atoms with van der Waals surface area (Å²) < 4.78 is 11.4. The van der Waals surface area contributed by atoms with Crippen molar-refractivity contribution in [2.75, 3.05) is 7.11 Å². The lowest BCUT2D eigenvalue weighted by Crippen LogP contribution is -1.99. The number of hydrogen-bond donors (Lipinski definition) is 0. The van der Waals surface area contributed by atoms with Crippen molar-refractivity contribution in [3.8, 4) is 22.6 Å². The van der Waals surface area contributed by atoms with Crippen molar-refractivity contribution in [2.45, 2.75) is 6.61 Å². The van der Waals surface area contributed by atoms with E-state index in [0.29, 0.717) is 6.61 Å². The van der Waals surface area contributed by atoms with Gasteiger partial charge in [-0.3, -0.25) is 4.98 Å². The molecule has 110 valence electrons. The molecule has 0 saturated carbocycles. The molecule has 1 heterocycles. The minimum Gasteiger partial charge on any atom is -0.496 e. The predicted molar refractivity (Wildman–Crippen MR) is 87.0 cm³/mol. The average Bonchev–Trinajstić information content (AvgIpc) is 2.61. The summed E-state index contributed by atoms with van der Waals surface area (Å²) in [5.74, 6) is 1.67. The lowest BCUT2D eigenvalue weighted by Gasteiger charge is -2.13. The first kappa shape index (κ1) is 14.1. The SMILES string of the molecule is COc1ccccc1COc1ccccc1-c1cccnc1. The van der Waals surface area contributed by atoms with Gasteiger partial charge in [0.1, 0.15) is 18.1 Å². The van der Waals surface area contributed by atoms with Gasteiger partial charge in [-0.15, -0.1) is 0 Å². The van der Waals surface area contributed by atoms with Crippen LogP contribution < -0.4 is 9.47 Å². The Balaban J connectivity index is 1.85. The zero-order valence-corrected chi connectivity index (χ0v) is 12.4.